The third-order valence-electron chi connectivity index (χ3n) is 5.07. The molecule has 0 aliphatic carbocycles. The molecule has 6 heteroatoms. The van der Waals surface area contributed by atoms with Gasteiger partial charge in [0.1, 0.15) is 11.5 Å². The largest absolute Gasteiger partial charge is 0.453 e. The van der Waals surface area contributed by atoms with Gasteiger partial charge >= 0.3 is 0 Å². The van der Waals surface area contributed by atoms with Gasteiger partial charge in [-0.25, -0.2) is 4.39 Å². The summed E-state index contributed by atoms with van der Waals surface area (Å²) >= 11 is 6.20. The molecule has 1 fully saturated rings. The van der Waals surface area contributed by atoms with Crippen molar-refractivity contribution in [1.82, 2.24) is 5.32 Å². The van der Waals surface area contributed by atoms with E-state index in [9.17, 15) is 4.79 Å². The smallest absolute Gasteiger partial charge is 0.181 e. The molecular formula is C23H27ClFNO3. The van der Waals surface area contributed by atoms with Crippen LogP contribution in [0.1, 0.15) is 44.7 Å². The van der Waals surface area contributed by atoms with Crippen LogP contribution in [0.5, 0.6) is 11.5 Å². The maximum Gasteiger partial charge on any atom is 0.181 e. The molecule has 1 N–H and O–H groups in total. The molecule has 4 nitrogen and oxygen atoms in total. The first-order valence-electron chi connectivity index (χ1n) is 10.0. The summed E-state index contributed by atoms with van der Waals surface area (Å²) in [6, 6.07) is 12.0. The molecule has 2 aromatic rings. The van der Waals surface area contributed by atoms with Crippen LogP contribution in [-0.2, 0) is 9.53 Å². The molecule has 0 bridgehead atoms. The fraction of sp³-hybridized carbons (Fsp3) is 0.435. The number of ether oxygens (including phenoxy) is 2. The van der Waals surface area contributed by atoms with Crippen molar-refractivity contribution in [3.63, 3.8) is 0 Å². The number of rotatable bonds is 10. The van der Waals surface area contributed by atoms with Crippen molar-refractivity contribution >= 4 is 17.4 Å². The molecule has 0 amide bonds. The zero-order chi connectivity index (χ0) is 20.8. The molecule has 29 heavy (non-hydrogen) atoms. The van der Waals surface area contributed by atoms with Crippen LogP contribution >= 0.6 is 11.6 Å². The molecule has 0 radical (unpaired) electrons. The quantitative estimate of drug-likeness (QED) is 0.537. The maximum absolute atomic E-state index is 15.3. The Labute approximate surface area is 176 Å². The van der Waals surface area contributed by atoms with Crippen molar-refractivity contribution in [2.24, 2.45) is 5.92 Å². The van der Waals surface area contributed by atoms with Crippen LogP contribution < -0.4 is 10.1 Å². The zero-order valence-electron chi connectivity index (χ0n) is 16.8. The molecule has 0 unspecified atom stereocenters. The van der Waals surface area contributed by atoms with Gasteiger partial charge in [0, 0.05) is 36.4 Å². The lowest BCUT2D eigenvalue weighted by atomic mass is 9.96. The van der Waals surface area contributed by atoms with Gasteiger partial charge in [-0.2, -0.15) is 0 Å². The number of Topliss-reactive ketones (excluding diaryl/α,β-unsaturated/α-hetero) is 1. The lowest BCUT2D eigenvalue weighted by molar-refractivity contribution is -0.124. The van der Waals surface area contributed by atoms with Crippen LogP contribution in [-0.4, -0.2) is 25.0 Å². The van der Waals surface area contributed by atoms with E-state index in [1.165, 1.54) is 0 Å². The third kappa shape index (κ3) is 5.78. The number of hydrogen-bond acceptors (Lipinski definition) is 4. The van der Waals surface area contributed by atoms with Crippen molar-refractivity contribution in [3.8, 4) is 11.5 Å². The van der Waals surface area contributed by atoms with Crippen molar-refractivity contribution in [2.45, 2.75) is 45.2 Å². The molecule has 0 saturated carbocycles. The third-order valence-corrected chi connectivity index (χ3v) is 5.37. The predicted molar refractivity (Wildman–Crippen MR) is 112 cm³/mol. The van der Waals surface area contributed by atoms with E-state index in [-0.39, 0.29) is 28.6 Å². The minimum Gasteiger partial charge on any atom is -0.453 e. The molecule has 1 aliphatic rings. The molecule has 3 rings (SSSR count). The number of nitrogens with one attached hydrogen (secondary N) is 1. The average molecular weight is 420 g/mol. The molecule has 2 atom stereocenters. The highest BCUT2D eigenvalue weighted by Crippen LogP contribution is 2.36. The first-order chi connectivity index (χ1) is 14.0. The Morgan fingerprint density at radius 2 is 2.00 bits per heavy atom. The van der Waals surface area contributed by atoms with Gasteiger partial charge in [0.15, 0.2) is 11.6 Å². The summed E-state index contributed by atoms with van der Waals surface area (Å²) in [6.07, 6.45) is 1.63. The average Bonchev–Trinajstić information content (AvgIpc) is 2.67. The Kier molecular flexibility index (Phi) is 7.64. The highest BCUT2D eigenvalue weighted by Gasteiger charge is 2.25. The molecule has 1 aliphatic heterocycles. The Morgan fingerprint density at radius 3 is 2.62 bits per heavy atom. The van der Waals surface area contributed by atoms with Crippen molar-refractivity contribution in [1.29, 1.82) is 0 Å². The summed E-state index contributed by atoms with van der Waals surface area (Å²) in [4.78, 5) is 12.2. The van der Waals surface area contributed by atoms with Gasteiger partial charge in [0.05, 0.1) is 18.2 Å². The second kappa shape index (κ2) is 10.2. The summed E-state index contributed by atoms with van der Waals surface area (Å²) in [6.45, 7) is 5.27. The van der Waals surface area contributed by atoms with Gasteiger partial charge < -0.3 is 14.8 Å². The monoisotopic (exact) mass is 419 g/mol. The van der Waals surface area contributed by atoms with E-state index >= 15 is 4.39 Å². The van der Waals surface area contributed by atoms with Crippen LogP contribution in [0.3, 0.4) is 0 Å². The Bertz CT molecular complexity index is 826. The van der Waals surface area contributed by atoms with Gasteiger partial charge in [0.2, 0.25) is 0 Å². The minimum absolute atomic E-state index is 0.0179. The van der Waals surface area contributed by atoms with Crippen LogP contribution in [0.4, 0.5) is 4.39 Å². The van der Waals surface area contributed by atoms with Gasteiger partial charge in [-0.1, -0.05) is 42.8 Å². The van der Waals surface area contributed by atoms with Crippen molar-refractivity contribution in [2.75, 3.05) is 13.2 Å². The number of carbonyl (C=O) groups excluding carboxylic acids is 1. The summed E-state index contributed by atoms with van der Waals surface area (Å²) in [7, 11) is 0. The molecular weight excluding hydrogens is 393 g/mol. The summed E-state index contributed by atoms with van der Waals surface area (Å²) in [5.41, 5.74) is 0.481. The van der Waals surface area contributed by atoms with E-state index in [2.05, 4.69) is 5.32 Å². The normalized spacial score (nSPS) is 16.1. The molecule has 1 heterocycles. The number of hydrogen-bond donors (Lipinski definition) is 1. The Balaban J connectivity index is 1.69. The molecule has 2 aromatic carbocycles. The van der Waals surface area contributed by atoms with E-state index in [1.807, 2.05) is 32.0 Å². The van der Waals surface area contributed by atoms with Crippen molar-refractivity contribution in [3.05, 3.63) is 58.9 Å². The van der Waals surface area contributed by atoms with Gasteiger partial charge in [0.25, 0.3) is 0 Å². The number of carbonyl (C=O) groups is 1. The fourth-order valence-corrected chi connectivity index (χ4v) is 3.68. The Hall–Kier alpha value is -1.95. The van der Waals surface area contributed by atoms with E-state index in [0.29, 0.717) is 49.7 Å². The van der Waals surface area contributed by atoms with Gasteiger partial charge in [-0.3, -0.25) is 4.79 Å². The first kappa shape index (κ1) is 21.8. The van der Waals surface area contributed by atoms with E-state index in [1.54, 1.807) is 24.3 Å². The van der Waals surface area contributed by atoms with Crippen LogP contribution in [0.2, 0.25) is 5.02 Å². The molecule has 0 aromatic heterocycles. The van der Waals surface area contributed by atoms with Gasteiger partial charge in [-0.15, -0.1) is 0 Å². The Morgan fingerprint density at radius 1 is 1.28 bits per heavy atom. The van der Waals surface area contributed by atoms with Crippen LogP contribution in [0.25, 0.3) is 0 Å². The van der Waals surface area contributed by atoms with Crippen molar-refractivity contribution < 1.29 is 18.7 Å². The SMILES string of the molecule is CC[C@@H](N[C@@H](C)CC(=O)CC1COC1)c1ccc(Cl)c(Oc2ccccc2)c1F. The standard InChI is InChI=1S/C23H27ClFNO3/c1-3-21(26-15(2)11-17(27)12-16-13-28-14-16)19-9-10-20(24)23(22(19)25)29-18-7-5-4-6-8-18/h4-10,15-16,21,26H,3,11-14H2,1-2H3/t15-,21+/m0/s1. The zero-order valence-corrected chi connectivity index (χ0v) is 17.5. The highest BCUT2D eigenvalue weighted by atomic mass is 35.5. The predicted octanol–water partition coefficient (Wildman–Crippen LogP) is 5.70. The van der Waals surface area contributed by atoms with Crippen LogP contribution in [0.15, 0.2) is 42.5 Å². The topological polar surface area (TPSA) is 47.6 Å². The molecule has 0 spiro atoms. The van der Waals surface area contributed by atoms with E-state index < -0.39 is 5.82 Å². The highest BCUT2D eigenvalue weighted by molar-refractivity contribution is 6.32. The second-order valence-electron chi connectivity index (χ2n) is 7.57. The lowest BCUT2D eigenvalue weighted by Gasteiger charge is -2.27. The summed E-state index contributed by atoms with van der Waals surface area (Å²) in [5.74, 6) is 0.612. The second-order valence-corrected chi connectivity index (χ2v) is 7.98. The number of benzene rings is 2. The lowest BCUT2D eigenvalue weighted by Crippen LogP contribution is -2.35. The van der Waals surface area contributed by atoms with E-state index in [4.69, 9.17) is 21.1 Å². The van der Waals surface area contributed by atoms with Gasteiger partial charge in [-0.05, 0) is 31.5 Å². The van der Waals surface area contributed by atoms with Crippen LogP contribution in [0, 0.1) is 11.7 Å². The number of para-hydroxylation sites is 1. The summed E-state index contributed by atoms with van der Waals surface area (Å²) < 4.78 is 26.1. The minimum atomic E-state index is -0.481. The van der Waals surface area contributed by atoms with E-state index in [0.717, 1.165) is 0 Å². The number of halogens is 2. The summed E-state index contributed by atoms with van der Waals surface area (Å²) in [5, 5.41) is 3.60. The fourth-order valence-electron chi connectivity index (χ4n) is 3.50. The number of ketones is 1. The molecule has 156 valence electrons. The maximum atomic E-state index is 15.3. The first-order valence-corrected chi connectivity index (χ1v) is 10.4. The molecule has 1 saturated heterocycles.